The van der Waals surface area contributed by atoms with Crippen LogP contribution in [0.1, 0.15) is 0 Å². The molecular formula is C44H27N7O. The zero-order valence-corrected chi connectivity index (χ0v) is 27.6. The Labute approximate surface area is 297 Å². The average Bonchev–Trinajstić information content (AvgIpc) is 3.82. The van der Waals surface area contributed by atoms with Crippen LogP contribution in [0.3, 0.4) is 0 Å². The minimum atomic E-state index is 0.572. The number of benzene rings is 5. The minimum absolute atomic E-state index is 0.572. The van der Waals surface area contributed by atoms with Gasteiger partial charge in [-0.1, -0.05) is 72.8 Å². The van der Waals surface area contributed by atoms with Crippen LogP contribution >= 0.6 is 0 Å². The van der Waals surface area contributed by atoms with Crippen LogP contribution in [-0.2, 0) is 0 Å². The van der Waals surface area contributed by atoms with Crippen molar-refractivity contribution in [3.8, 4) is 62.4 Å². The number of pyridine rings is 2. The summed E-state index contributed by atoms with van der Waals surface area (Å²) in [6, 6.07) is 47.0. The molecule has 10 rings (SSSR count). The highest BCUT2D eigenvalue weighted by atomic mass is 16.3. The second-order valence-electron chi connectivity index (χ2n) is 12.5. The number of para-hydroxylation sites is 1. The van der Waals surface area contributed by atoms with Gasteiger partial charge in [-0.3, -0.25) is 9.97 Å². The third kappa shape index (κ3) is 5.09. The van der Waals surface area contributed by atoms with Crippen molar-refractivity contribution >= 4 is 32.9 Å². The predicted octanol–water partition coefficient (Wildman–Crippen LogP) is 10.2. The Hall–Kier alpha value is -7.32. The topological polar surface area (TPSA) is 95.4 Å². The molecule has 0 fully saturated rings. The van der Waals surface area contributed by atoms with Gasteiger partial charge in [0.05, 0.1) is 16.4 Å². The molecule has 8 nitrogen and oxygen atoms in total. The first-order valence-corrected chi connectivity index (χ1v) is 16.9. The van der Waals surface area contributed by atoms with Crippen molar-refractivity contribution in [2.24, 2.45) is 0 Å². The Bertz CT molecular complexity index is 2890. The molecule has 244 valence electrons. The van der Waals surface area contributed by atoms with Crippen LogP contribution in [0.4, 0.5) is 0 Å². The highest BCUT2D eigenvalue weighted by Gasteiger charge is 2.20. The van der Waals surface area contributed by atoms with E-state index in [2.05, 4.69) is 69.1 Å². The molecule has 0 saturated carbocycles. The second-order valence-corrected chi connectivity index (χ2v) is 12.5. The summed E-state index contributed by atoms with van der Waals surface area (Å²) in [5, 5.41) is 2.10. The maximum Gasteiger partial charge on any atom is 0.227 e. The van der Waals surface area contributed by atoms with Gasteiger partial charge in [0, 0.05) is 58.1 Å². The third-order valence-corrected chi connectivity index (χ3v) is 9.30. The van der Waals surface area contributed by atoms with Gasteiger partial charge >= 0.3 is 0 Å². The minimum Gasteiger partial charge on any atom is -0.435 e. The van der Waals surface area contributed by atoms with E-state index < -0.39 is 0 Å². The van der Waals surface area contributed by atoms with Crippen LogP contribution in [0.25, 0.3) is 95.3 Å². The van der Waals surface area contributed by atoms with Crippen LogP contribution in [0.2, 0.25) is 0 Å². The molecule has 5 heterocycles. The van der Waals surface area contributed by atoms with Crippen LogP contribution in [-0.4, -0.2) is 34.5 Å². The summed E-state index contributed by atoms with van der Waals surface area (Å²) in [5.41, 5.74) is 10.4. The first-order valence-electron chi connectivity index (χ1n) is 16.9. The largest absolute Gasteiger partial charge is 0.435 e. The van der Waals surface area contributed by atoms with E-state index in [4.69, 9.17) is 24.4 Å². The summed E-state index contributed by atoms with van der Waals surface area (Å²) in [5.74, 6) is 2.33. The monoisotopic (exact) mass is 669 g/mol. The lowest BCUT2D eigenvalue weighted by Gasteiger charge is -2.11. The van der Waals surface area contributed by atoms with Crippen molar-refractivity contribution < 1.29 is 4.42 Å². The summed E-state index contributed by atoms with van der Waals surface area (Å²) in [6.45, 7) is 0. The van der Waals surface area contributed by atoms with Crippen molar-refractivity contribution in [3.05, 3.63) is 164 Å². The van der Waals surface area contributed by atoms with E-state index in [1.54, 1.807) is 24.8 Å². The van der Waals surface area contributed by atoms with Gasteiger partial charge in [0.15, 0.2) is 23.1 Å². The molecule has 0 aliphatic carbocycles. The molecule has 0 unspecified atom stereocenters. The van der Waals surface area contributed by atoms with E-state index in [9.17, 15) is 0 Å². The Kier molecular flexibility index (Phi) is 6.95. The molecule has 0 radical (unpaired) electrons. The quantitative estimate of drug-likeness (QED) is 0.174. The Balaban J connectivity index is 1.12. The van der Waals surface area contributed by atoms with Gasteiger partial charge in [-0.2, -0.15) is 0 Å². The number of hydrogen-bond acceptors (Lipinski definition) is 7. The Morgan fingerprint density at radius 2 is 1.02 bits per heavy atom. The zero-order valence-electron chi connectivity index (χ0n) is 27.6. The van der Waals surface area contributed by atoms with E-state index >= 15 is 0 Å². The standard InChI is InChI=1S/C44H27N7O/c1-2-7-32(8-3-1)44-47-36-17-18-38-39(40(36)52-44)35-11-4-5-12-37(35)51(38)34-10-6-9-33(27-34)43-49-41(48-42(50-43)31-21-25-46-26-22-31)30-15-13-28(14-16-30)29-19-23-45-24-20-29/h1-27H. The molecule has 0 amide bonds. The summed E-state index contributed by atoms with van der Waals surface area (Å²) in [6.07, 6.45) is 7.09. The van der Waals surface area contributed by atoms with Gasteiger partial charge in [0.25, 0.3) is 0 Å². The molecule has 10 aromatic rings. The summed E-state index contributed by atoms with van der Waals surface area (Å²) >= 11 is 0. The molecular weight excluding hydrogens is 643 g/mol. The average molecular weight is 670 g/mol. The van der Waals surface area contributed by atoms with Gasteiger partial charge in [-0.25, -0.2) is 19.9 Å². The number of nitrogens with zero attached hydrogens (tertiary/aromatic N) is 7. The molecule has 52 heavy (non-hydrogen) atoms. The molecule has 8 heteroatoms. The smallest absolute Gasteiger partial charge is 0.227 e. The molecule has 5 aromatic carbocycles. The number of hydrogen-bond donors (Lipinski definition) is 0. The first-order chi connectivity index (χ1) is 25.8. The van der Waals surface area contributed by atoms with E-state index in [-0.39, 0.29) is 0 Å². The molecule has 0 spiro atoms. The van der Waals surface area contributed by atoms with Crippen LogP contribution in [0.15, 0.2) is 169 Å². The van der Waals surface area contributed by atoms with Crippen LogP contribution in [0.5, 0.6) is 0 Å². The molecule has 0 N–H and O–H groups in total. The molecule has 5 aromatic heterocycles. The first kappa shape index (κ1) is 29.6. The molecule has 0 aliphatic heterocycles. The van der Waals surface area contributed by atoms with Crippen molar-refractivity contribution in [2.45, 2.75) is 0 Å². The van der Waals surface area contributed by atoms with E-state index in [1.807, 2.05) is 84.9 Å². The van der Waals surface area contributed by atoms with E-state index in [0.29, 0.717) is 23.4 Å². The summed E-state index contributed by atoms with van der Waals surface area (Å²) < 4.78 is 8.77. The Morgan fingerprint density at radius 1 is 0.423 bits per heavy atom. The zero-order chi connectivity index (χ0) is 34.4. The predicted molar refractivity (Wildman–Crippen MR) is 205 cm³/mol. The lowest BCUT2D eigenvalue weighted by molar-refractivity contribution is 0.623. The van der Waals surface area contributed by atoms with Crippen LogP contribution < -0.4 is 0 Å². The Morgan fingerprint density at radius 3 is 1.77 bits per heavy atom. The summed E-state index contributed by atoms with van der Waals surface area (Å²) in [7, 11) is 0. The third-order valence-electron chi connectivity index (χ3n) is 9.30. The highest BCUT2D eigenvalue weighted by Crippen LogP contribution is 2.39. The van der Waals surface area contributed by atoms with Gasteiger partial charge < -0.3 is 8.98 Å². The molecule has 0 saturated heterocycles. The fraction of sp³-hybridized carbons (Fsp3) is 0. The number of fused-ring (bicyclic) bond motifs is 5. The van der Waals surface area contributed by atoms with Gasteiger partial charge in [0.2, 0.25) is 5.89 Å². The van der Waals surface area contributed by atoms with Crippen molar-refractivity contribution in [2.75, 3.05) is 0 Å². The maximum atomic E-state index is 6.50. The fourth-order valence-electron chi connectivity index (χ4n) is 6.82. The number of oxazole rings is 1. The molecule has 0 atom stereocenters. The van der Waals surface area contributed by atoms with Crippen LogP contribution in [0, 0.1) is 0 Å². The lowest BCUT2D eigenvalue weighted by atomic mass is 10.0. The van der Waals surface area contributed by atoms with E-state index in [0.717, 1.165) is 72.0 Å². The second kappa shape index (κ2) is 12.2. The molecule has 0 bridgehead atoms. The maximum absolute atomic E-state index is 6.50. The van der Waals surface area contributed by atoms with Crippen molar-refractivity contribution in [3.63, 3.8) is 0 Å². The molecule has 0 aliphatic rings. The van der Waals surface area contributed by atoms with E-state index in [1.165, 1.54) is 0 Å². The van der Waals surface area contributed by atoms with Gasteiger partial charge in [-0.15, -0.1) is 0 Å². The summed E-state index contributed by atoms with van der Waals surface area (Å²) in [4.78, 5) is 28.2. The SMILES string of the molecule is c1ccc(-c2nc3ccc4c(c5ccccc5n4-c4cccc(-c5nc(-c6ccncc6)nc(-c6ccc(-c7ccncc7)cc6)n5)c4)c3o2)cc1. The normalized spacial score (nSPS) is 11.5. The van der Waals surface area contributed by atoms with Gasteiger partial charge in [0.1, 0.15) is 5.52 Å². The highest BCUT2D eigenvalue weighted by molar-refractivity contribution is 6.19. The lowest BCUT2D eigenvalue weighted by Crippen LogP contribution is -2.01. The van der Waals surface area contributed by atoms with Gasteiger partial charge in [-0.05, 0) is 77.9 Å². The van der Waals surface area contributed by atoms with Crippen molar-refractivity contribution in [1.82, 2.24) is 34.5 Å². The number of rotatable bonds is 6. The number of aromatic nitrogens is 7. The van der Waals surface area contributed by atoms with Crippen molar-refractivity contribution in [1.29, 1.82) is 0 Å². The fourth-order valence-corrected chi connectivity index (χ4v) is 6.82.